The maximum absolute atomic E-state index is 11.8. The highest BCUT2D eigenvalue weighted by molar-refractivity contribution is 7.13. The highest BCUT2D eigenvalue weighted by Crippen LogP contribution is 2.17. The smallest absolute Gasteiger partial charge is 0.348 e. The van der Waals surface area contributed by atoms with Gasteiger partial charge in [0.15, 0.2) is 0 Å². The molecule has 0 fully saturated rings. The van der Waals surface area contributed by atoms with Crippen LogP contribution in [0.2, 0.25) is 0 Å². The highest BCUT2D eigenvalue weighted by atomic mass is 32.1. The van der Waals surface area contributed by atoms with Crippen molar-refractivity contribution < 1.29 is 24.2 Å². The van der Waals surface area contributed by atoms with Gasteiger partial charge < -0.3 is 20.1 Å². The number of hydrogen-bond acceptors (Lipinski definition) is 5. The van der Waals surface area contributed by atoms with E-state index in [1.54, 1.807) is 12.1 Å². The van der Waals surface area contributed by atoms with E-state index >= 15 is 0 Å². The van der Waals surface area contributed by atoms with E-state index in [1.165, 1.54) is 37.3 Å². The normalized spacial score (nSPS) is 11.6. The van der Waals surface area contributed by atoms with E-state index < -0.39 is 17.9 Å². The first kappa shape index (κ1) is 17.0. The van der Waals surface area contributed by atoms with Gasteiger partial charge in [0.05, 0.1) is 19.6 Å². The lowest BCUT2D eigenvalue weighted by Gasteiger charge is -2.19. The zero-order chi connectivity index (χ0) is 16.0. The Bertz CT molecular complexity index is 528. The van der Waals surface area contributed by atoms with Crippen LogP contribution in [0.1, 0.15) is 21.5 Å². The Kier molecular flexibility index (Phi) is 6.16. The minimum atomic E-state index is -0.948. The number of thiophene rings is 1. The Hall–Kier alpha value is -2.09. The summed E-state index contributed by atoms with van der Waals surface area (Å²) in [4.78, 5) is 36.4. The first-order chi connectivity index (χ1) is 9.85. The Balaban J connectivity index is 2.47. The van der Waals surface area contributed by atoms with Gasteiger partial charge in [-0.25, -0.2) is 9.59 Å². The van der Waals surface area contributed by atoms with Crippen molar-refractivity contribution in [3.05, 3.63) is 21.9 Å². The number of amides is 2. The number of carbonyl (C=O) groups is 3. The fraction of sp³-hybridized carbons (Fsp3) is 0.462. The average molecular weight is 314 g/mol. The van der Waals surface area contributed by atoms with Gasteiger partial charge in [-0.1, -0.05) is 6.92 Å². The summed E-state index contributed by atoms with van der Waals surface area (Å²) in [6.07, 6.45) is 0. The molecular formula is C13H18N2O5S. The van der Waals surface area contributed by atoms with Gasteiger partial charge in [-0.2, -0.15) is 0 Å². The number of ether oxygens (including phenoxy) is 1. The number of nitrogens with one attached hydrogen (secondary N) is 1. The van der Waals surface area contributed by atoms with Crippen molar-refractivity contribution >= 4 is 29.3 Å². The van der Waals surface area contributed by atoms with Gasteiger partial charge in [0.25, 0.3) is 0 Å². The third-order valence-corrected chi connectivity index (χ3v) is 3.84. The van der Waals surface area contributed by atoms with Crippen molar-refractivity contribution in [1.29, 1.82) is 0 Å². The first-order valence-electron chi connectivity index (χ1n) is 6.24. The van der Waals surface area contributed by atoms with E-state index in [0.29, 0.717) is 4.88 Å². The molecule has 0 radical (unpaired) electrons. The molecule has 1 aromatic rings. The largest absolute Gasteiger partial charge is 0.481 e. The summed E-state index contributed by atoms with van der Waals surface area (Å²) in [5.41, 5.74) is 0. The molecule has 0 saturated carbocycles. The second-order valence-electron chi connectivity index (χ2n) is 4.54. The number of nitrogens with zero attached hydrogens (tertiary/aromatic N) is 1. The number of urea groups is 1. The number of methoxy groups -OCH3 is 1. The second kappa shape index (κ2) is 7.63. The SMILES string of the molecule is COC(=O)c1ccc(CNC(=O)N(C)CC(C)C(=O)O)s1. The van der Waals surface area contributed by atoms with Gasteiger partial charge in [0.1, 0.15) is 4.88 Å². The van der Waals surface area contributed by atoms with Crippen LogP contribution in [0.15, 0.2) is 12.1 Å². The van der Waals surface area contributed by atoms with E-state index in [4.69, 9.17) is 5.11 Å². The molecule has 1 unspecified atom stereocenters. The molecule has 2 N–H and O–H groups in total. The molecule has 0 aliphatic rings. The number of esters is 1. The van der Waals surface area contributed by atoms with Crippen LogP contribution in [-0.2, 0) is 16.1 Å². The summed E-state index contributed by atoms with van der Waals surface area (Å²) in [6, 6.07) is 3.00. The Morgan fingerprint density at radius 1 is 1.43 bits per heavy atom. The third-order valence-electron chi connectivity index (χ3n) is 2.78. The van der Waals surface area contributed by atoms with Crippen molar-refractivity contribution in [2.24, 2.45) is 5.92 Å². The zero-order valence-corrected chi connectivity index (χ0v) is 12.9. The van der Waals surface area contributed by atoms with Crippen LogP contribution in [0.5, 0.6) is 0 Å². The molecule has 21 heavy (non-hydrogen) atoms. The van der Waals surface area contributed by atoms with Gasteiger partial charge in [-0.05, 0) is 12.1 Å². The lowest BCUT2D eigenvalue weighted by atomic mass is 10.2. The molecule has 0 aliphatic carbocycles. The van der Waals surface area contributed by atoms with Gasteiger partial charge in [0, 0.05) is 18.5 Å². The van der Waals surface area contributed by atoms with Gasteiger partial charge >= 0.3 is 18.0 Å². The van der Waals surface area contributed by atoms with Crippen molar-refractivity contribution in [2.45, 2.75) is 13.5 Å². The van der Waals surface area contributed by atoms with Crippen LogP contribution in [0.3, 0.4) is 0 Å². The van der Waals surface area contributed by atoms with E-state index in [9.17, 15) is 14.4 Å². The molecule has 2 amide bonds. The maximum Gasteiger partial charge on any atom is 0.348 e. The van der Waals surface area contributed by atoms with Crippen LogP contribution in [0.25, 0.3) is 0 Å². The summed E-state index contributed by atoms with van der Waals surface area (Å²) >= 11 is 1.24. The van der Waals surface area contributed by atoms with Gasteiger partial charge in [-0.3, -0.25) is 4.79 Å². The molecule has 0 spiro atoms. The van der Waals surface area contributed by atoms with E-state index in [0.717, 1.165) is 4.88 Å². The van der Waals surface area contributed by atoms with Crippen molar-refractivity contribution in [3.8, 4) is 0 Å². The number of rotatable bonds is 6. The summed E-state index contributed by atoms with van der Waals surface area (Å²) in [7, 11) is 2.84. The van der Waals surface area contributed by atoms with E-state index in [1.807, 2.05) is 0 Å². The first-order valence-corrected chi connectivity index (χ1v) is 7.05. The topological polar surface area (TPSA) is 95.9 Å². The molecule has 1 heterocycles. The van der Waals surface area contributed by atoms with Crippen LogP contribution in [-0.4, -0.2) is 48.7 Å². The number of aliphatic carboxylic acids is 1. The molecule has 7 nitrogen and oxygen atoms in total. The predicted molar refractivity (Wildman–Crippen MR) is 77.3 cm³/mol. The number of carboxylic acid groups (broad SMARTS) is 1. The third kappa shape index (κ3) is 5.07. The fourth-order valence-corrected chi connectivity index (χ4v) is 2.42. The van der Waals surface area contributed by atoms with E-state index in [-0.39, 0.29) is 19.1 Å². The minimum Gasteiger partial charge on any atom is -0.481 e. The van der Waals surface area contributed by atoms with Crippen LogP contribution in [0, 0.1) is 5.92 Å². The highest BCUT2D eigenvalue weighted by Gasteiger charge is 2.17. The number of hydrogen-bond donors (Lipinski definition) is 2. The molecular weight excluding hydrogens is 296 g/mol. The quantitative estimate of drug-likeness (QED) is 0.774. The van der Waals surface area contributed by atoms with Crippen LogP contribution < -0.4 is 5.32 Å². The molecule has 0 aliphatic heterocycles. The second-order valence-corrected chi connectivity index (χ2v) is 5.70. The Morgan fingerprint density at radius 2 is 2.10 bits per heavy atom. The average Bonchev–Trinajstić information content (AvgIpc) is 2.92. The fourth-order valence-electron chi connectivity index (χ4n) is 1.55. The van der Waals surface area contributed by atoms with Crippen molar-refractivity contribution in [1.82, 2.24) is 10.2 Å². The maximum atomic E-state index is 11.8. The molecule has 8 heteroatoms. The lowest BCUT2D eigenvalue weighted by molar-refractivity contribution is -0.141. The molecule has 0 aromatic carbocycles. The van der Waals surface area contributed by atoms with Crippen molar-refractivity contribution in [2.75, 3.05) is 20.7 Å². The van der Waals surface area contributed by atoms with Crippen LogP contribution >= 0.6 is 11.3 Å². The monoisotopic (exact) mass is 314 g/mol. The lowest BCUT2D eigenvalue weighted by Crippen LogP contribution is -2.40. The molecule has 0 saturated heterocycles. The zero-order valence-electron chi connectivity index (χ0n) is 12.1. The summed E-state index contributed by atoms with van der Waals surface area (Å²) in [5, 5.41) is 11.5. The molecule has 1 atom stereocenters. The molecule has 1 rings (SSSR count). The number of carbonyl (C=O) groups excluding carboxylic acids is 2. The Labute approximate surface area is 126 Å². The summed E-state index contributed by atoms with van der Waals surface area (Å²) in [5.74, 6) is -1.99. The standard InChI is InChI=1S/C13H18N2O5S/c1-8(11(16)17)7-15(2)13(19)14-6-9-4-5-10(21-9)12(18)20-3/h4-5,8H,6-7H2,1-3H3,(H,14,19)(H,16,17). The van der Waals surface area contributed by atoms with E-state index in [2.05, 4.69) is 10.1 Å². The van der Waals surface area contributed by atoms with Gasteiger partial charge in [-0.15, -0.1) is 11.3 Å². The molecule has 0 bridgehead atoms. The van der Waals surface area contributed by atoms with Crippen LogP contribution in [0.4, 0.5) is 4.79 Å². The number of carboxylic acids is 1. The van der Waals surface area contributed by atoms with Gasteiger partial charge in [0.2, 0.25) is 0 Å². The predicted octanol–water partition coefficient (Wildman–Crippen LogP) is 1.40. The minimum absolute atomic E-state index is 0.124. The molecule has 116 valence electrons. The summed E-state index contributed by atoms with van der Waals surface area (Å²) in [6.45, 7) is 1.93. The Morgan fingerprint density at radius 3 is 2.67 bits per heavy atom. The summed E-state index contributed by atoms with van der Waals surface area (Å²) < 4.78 is 4.60. The molecule has 1 aromatic heterocycles. The van der Waals surface area contributed by atoms with Crippen molar-refractivity contribution in [3.63, 3.8) is 0 Å².